The third kappa shape index (κ3) is 4.33. The Hall–Kier alpha value is -4.21. The summed E-state index contributed by atoms with van der Waals surface area (Å²) in [5.41, 5.74) is 12.0. The van der Waals surface area contributed by atoms with Gasteiger partial charge in [0.05, 0.1) is 30.3 Å². The van der Waals surface area contributed by atoms with Crippen molar-refractivity contribution in [3.05, 3.63) is 88.7 Å². The molecule has 9 heteroatoms. The van der Waals surface area contributed by atoms with Crippen molar-refractivity contribution in [2.24, 2.45) is 5.73 Å². The molecule has 3 aliphatic rings. The smallest absolute Gasteiger partial charge is 0.318 e. The van der Waals surface area contributed by atoms with Crippen LogP contribution in [-0.2, 0) is 11.3 Å². The molecule has 1 aromatic heterocycles. The van der Waals surface area contributed by atoms with Crippen LogP contribution in [0.2, 0.25) is 0 Å². The number of morpholine rings is 1. The lowest BCUT2D eigenvalue weighted by atomic mass is 9.92. The van der Waals surface area contributed by atoms with Gasteiger partial charge in [-0.3, -0.25) is 10.2 Å². The lowest BCUT2D eigenvalue weighted by Crippen LogP contribution is -2.40. The van der Waals surface area contributed by atoms with Crippen molar-refractivity contribution in [2.75, 3.05) is 31.6 Å². The van der Waals surface area contributed by atoms with Crippen LogP contribution < -0.4 is 15.8 Å². The third-order valence-electron chi connectivity index (χ3n) is 7.89. The van der Waals surface area contributed by atoms with Gasteiger partial charge in [-0.1, -0.05) is 30.3 Å². The van der Waals surface area contributed by atoms with Gasteiger partial charge in [0.25, 0.3) is 0 Å². The third-order valence-corrected chi connectivity index (χ3v) is 7.89. The van der Waals surface area contributed by atoms with Crippen LogP contribution in [-0.4, -0.2) is 52.8 Å². The molecule has 2 saturated heterocycles. The summed E-state index contributed by atoms with van der Waals surface area (Å²) in [7, 11) is 0. The molecule has 3 aromatic carbocycles. The predicted octanol–water partition coefficient (Wildman–Crippen LogP) is 4.79. The molecular weight excluding hydrogens is 497 g/mol. The van der Waals surface area contributed by atoms with Crippen molar-refractivity contribution in [1.82, 2.24) is 14.5 Å². The summed E-state index contributed by atoms with van der Waals surface area (Å²) in [5, 5.41) is 2.73. The minimum absolute atomic E-state index is 0.139. The van der Waals surface area contributed by atoms with E-state index >= 15 is 0 Å². The second kappa shape index (κ2) is 9.52. The van der Waals surface area contributed by atoms with Crippen LogP contribution in [0.15, 0.2) is 60.7 Å². The number of ether oxygens (including phenoxy) is 2. The van der Waals surface area contributed by atoms with Gasteiger partial charge in [-0.2, -0.15) is 0 Å². The first kappa shape index (κ1) is 23.9. The summed E-state index contributed by atoms with van der Waals surface area (Å²) in [5.74, 6) is 0.620. The zero-order valence-electron chi connectivity index (χ0n) is 21.3. The number of carbonyl (C=O) groups excluding carboxylic acids is 1. The Morgan fingerprint density at radius 3 is 2.87 bits per heavy atom. The number of imidazole rings is 1. The molecule has 3 N–H and O–H groups in total. The van der Waals surface area contributed by atoms with Crippen molar-refractivity contribution >= 4 is 34.7 Å². The van der Waals surface area contributed by atoms with Gasteiger partial charge in [0, 0.05) is 30.8 Å². The average Bonchev–Trinajstić information content (AvgIpc) is 3.46. The fourth-order valence-electron chi connectivity index (χ4n) is 6.14. The van der Waals surface area contributed by atoms with E-state index in [1.807, 2.05) is 36.4 Å². The van der Waals surface area contributed by atoms with Crippen LogP contribution in [0.3, 0.4) is 0 Å². The number of halogens is 1. The van der Waals surface area contributed by atoms with Crippen molar-refractivity contribution in [1.29, 1.82) is 0 Å². The van der Waals surface area contributed by atoms with Gasteiger partial charge in [0.15, 0.2) is 0 Å². The quantitative estimate of drug-likeness (QED) is 0.401. The maximum absolute atomic E-state index is 14.1. The Balaban J connectivity index is 1.33. The fraction of sp³-hybridized carbons (Fsp3) is 0.267. The molecule has 8 nitrogen and oxygen atoms in total. The number of hydrogen-bond donors (Lipinski definition) is 2. The maximum Gasteiger partial charge on any atom is 0.318 e. The highest BCUT2D eigenvalue weighted by molar-refractivity contribution is 5.96. The van der Waals surface area contributed by atoms with E-state index in [0.29, 0.717) is 24.3 Å². The minimum Gasteiger partial charge on any atom is -0.488 e. The molecule has 0 radical (unpaired) electrons. The van der Waals surface area contributed by atoms with E-state index in [0.717, 1.165) is 71.6 Å². The number of amides is 2. The largest absolute Gasteiger partial charge is 0.488 e. The van der Waals surface area contributed by atoms with E-state index in [9.17, 15) is 9.18 Å². The summed E-state index contributed by atoms with van der Waals surface area (Å²) < 4.78 is 27.9. The molecule has 0 saturated carbocycles. The fourth-order valence-corrected chi connectivity index (χ4v) is 6.14. The summed E-state index contributed by atoms with van der Waals surface area (Å²) in [6.45, 7) is 3.59. The number of aromatic nitrogens is 2. The van der Waals surface area contributed by atoms with Gasteiger partial charge >= 0.3 is 6.03 Å². The number of nitrogens with one attached hydrogen (secondary N) is 1. The maximum atomic E-state index is 14.1. The summed E-state index contributed by atoms with van der Waals surface area (Å²) >= 11 is 0. The Labute approximate surface area is 224 Å². The molecule has 4 heterocycles. The molecule has 0 aliphatic carbocycles. The summed E-state index contributed by atoms with van der Waals surface area (Å²) in [6.07, 6.45) is 2.99. The van der Waals surface area contributed by atoms with E-state index in [-0.39, 0.29) is 11.9 Å². The van der Waals surface area contributed by atoms with Gasteiger partial charge in [0.1, 0.15) is 18.2 Å². The number of fused-ring (bicyclic) bond motifs is 4. The standard InChI is InChI=1S/C30H28FN5O3/c31-20-6-7-24-25(23-4-2-1-3-19(23)16-39-28(24)13-20)11-18-5-8-27-26(12-18)33-30(34-29(32)37)36(27)21-14-22-17-38-10-9-35(22)15-21/h1-8,11-13,21-22H,9-10,14-17H2,(H3,32,33,34,37)/b25-11+/t21-,22?/m1/s1. The van der Waals surface area contributed by atoms with Crippen LogP contribution in [0.1, 0.15) is 34.7 Å². The van der Waals surface area contributed by atoms with Crippen LogP contribution in [0.4, 0.5) is 15.1 Å². The molecule has 198 valence electrons. The number of primary amides is 1. The van der Waals surface area contributed by atoms with E-state index in [1.54, 1.807) is 6.07 Å². The molecule has 1 unspecified atom stereocenters. The van der Waals surface area contributed by atoms with Crippen LogP contribution >= 0.6 is 0 Å². The van der Waals surface area contributed by atoms with Crippen molar-refractivity contribution < 1.29 is 18.7 Å². The van der Waals surface area contributed by atoms with Crippen LogP contribution in [0.5, 0.6) is 5.75 Å². The molecule has 2 fully saturated rings. The number of benzene rings is 3. The monoisotopic (exact) mass is 525 g/mol. The molecule has 2 atom stereocenters. The number of carbonyl (C=O) groups is 1. The first-order chi connectivity index (χ1) is 19.0. The molecule has 3 aliphatic heterocycles. The number of nitrogens with zero attached hydrogens (tertiary/aromatic N) is 3. The van der Waals surface area contributed by atoms with Crippen LogP contribution in [0.25, 0.3) is 22.7 Å². The van der Waals surface area contributed by atoms with Gasteiger partial charge in [-0.05, 0) is 59.0 Å². The first-order valence-corrected chi connectivity index (χ1v) is 13.2. The van der Waals surface area contributed by atoms with Gasteiger partial charge in [-0.25, -0.2) is 14.2 Å². The molecule has 0 spiro atoms. The Morgan fingerprint density at radius 2 is 2.00 bits per heavy atom. The zero-order chi connectivity index (χ0) is 26.5. The predicted molar refractivity (Wildman–Crippen MR) is 147 cm³/mol. The van der Waals surface area contributed by atoms with Gasteiger partial charge in [0.2, 0.25) is 5.95 Å². The number of rotatable bonds is 3. The number of anilines is 1. The van der Waals surface area contributed by atoms with Crippen molar-refractivity contribution in [2.45, 2.75) is 25.1 Å². The SMILES string of the molecule is NC(=O)Nc1nc2cc(/C=C3\c4ccccc4COc4cc(F)ccc43)ccc2n1[C@@H]1CC2COCCN2C1. The van der Waals surface area contributed by atoms with Crippen molar-refractivity contribution in [3.63, 3.8) is 0 Å². The molecule has 7 rings (SSSR count). The topological polar surface area (TPSA) is 94.6 Å². The lowest BCUT2D eigenvalue weighted by Gasteiger charge is -2.28. The highest BCUT2D eigenvalue weighted by atomic mass is 19.1. The molecule has 4 aromatic rings. The zero-order valence-corrected chi connectivity index (χ0v) is 21.3. The van der Waals surface area contributed by atoms with Gasteiger partial charge in [-0.15, -0.1) is 0 Å². The van der Waals surface area contributed by atoms with E-state index in [2.05, 4.69) is 26.9 Å². The number of hydrogen-bond acceptors (Lipinski definition) is 5. The second-order valence-corrected chi connectivity index (χ2v) is 10.3. The second-order valence-electron chi connectivity index (χ2n) is 10.3. The number of urea groups is 1. The molecule has 0 bridgehead atoms. The Kier molecular flexibility index (Phi) is 5.82. The normalized spacial score (nSPS) is 21.6. The highest BCUT2D eigenvalue weighted by Gasteiger charge is 2.36. The van der Waals surface area contributed by atoms with E-state index < -0.39 is 6.03 Å². The summed E-state index contributed by atoms with van der Waals surface area (Å²) in [4.78, 5) is 19.1. The number of nitrogens with two attached hydrogens (primary N) is 1. The summed E-state index contributed by atoms with van der Waals surface area (Å²) in [6, 6.07) is 18.7. The minimum atomic E-state index is -0.646. The average molecular weight is 526 g/mol. The molecular formula is C30H28FN5O3. The molecule has 39 heavy (non-hydrogen) atoms. The molecule has 2 amide bonds. The van der Waals surface area contributed by atoms with E-state index in [1.165, 1.54) is 12.1 Å². The highest BCUT2D eigenvalue weighted by Crippen LogP contribution is 2.39. The van der Waals surface area contributed by atoms with Crippen LogP contribution in [0, 0.1) is 5.82 Å². The Bertz CT molecular complexity index is 1620. The van der Waals surface area contributed by atoms with Crippen molar-refractivity contribution in [3.8, 4) is 5.75 Å². The van der Waals surface area contributed by atoms with E-state index in [4.69, 9.17) is 20.2 Å². The van der Waals surface area contributed by atoms with Gasteiger partial charge < -0.3 is 19.8 Å². The Morgan fingerprint density at radius 1 is 1.10 bits per heavy atom. The first-order valence-electron chi connectivity index (χ1n) is 13.2. The lowest BCUT2D eigenvalue weighted by molar-refractivity contribution is 0.0128.